The van der Waals surface area contributed by atoms with Crippen molar-refractivity contribution in [3.8, 4) is 0 Å². The van der Waals surface area contributed by atoms with Gasteiger partial charge in [0.15, 0.2) is 5.69 Å². The Hall–Kier alpha value is -1.43. The van der Waals surface area contributed by atoms with Gasteiger partial charge in [-0.25, -0.2) is 0 Å². The summed E-state index contributed by atoms with van der Waals surface area (Å²) in [5.74, 6) is -0.209. The number of H-pyrrole nitrogens is 1. The van der Waals surface area contributed by atoms with Crippen LogP contribution in [0, 0.1) is 0 Å². The fraction of sp³-hybridized carbons (Fsp3) is 0.625. The van der Waals surface area contributed by atoms with Gasteiger partial charge in [0.25, 0.3) is 5.91 Å². The quantitative estimate of drug-likeness (QED) is 0.601. The molecule has 0 bridgehead atoms. The second-order valence-electron chi connectivity index (χ2n) is 3.01. The number of aromatic nitrogens is 3. The first-order chi connectivity index (χ1) is 6.77. The second kappa shape index (κ2) is 5.33. The lowest BCUT2D eigenvalue weighted by molar-refractivity contribution is 0.0929. The molecule has 0 radical (unpaired) electrons. The van der Waals surface area contributed by atoms with Gasteiger partial charge in [0.1, 0.15) is 0 Å². The summed E-state index contributed by atoms with van der Waals surface area (Å²) in [4.78, 5) is 11.5. The number of nitrogens with two attached hydrogens (primary N) is 1. The van der Waals surface area contributed by atoms with Gasteiger partial charge in [-0.2, -0.15) is 15.4 Å². The highest BCUT2D eigenvalue weighted by Gasteiger charge is 2.12. The summed E-state index contributed by atoms with van der Waals surface area (Å²) in [5.41, 5.74) is 5.72. The molecule has 6 nitrogen and oxygen atoms in total. The zero-order valence-corrected chi connectivity index (χ0v) is 8.16. The van der Waals surface area contributed by atoms with Crippen molar-refractivity contribution in [3.63, 3.8) is 0 Å². The van der Waals surface area contributed by atoms with Crippen molar-refractivity contribution in [2.45, 2.75) is 25.8 Å². The van der Waals surface area contributed by atoms with Crippen LogP contribution in [0.25, 0.3) is 0 Å². The van der Waals surface area contributed by atoms with E-state index in [4.69, 9.17) is 5.73 Å². The van der Waals surface area contributed by atoms with E-state index in [0.717, 1.165) is 12.8 Å². The van der Waals surface area contributed by atoms with Crippen molar-refractivity contribution in [2.75, 3.05) is 6.54 Å². The lowest BCUT2D eigenvalue weighted by atomic mass is 10.1. The van der Waals surface area contributed by atoms with E-state index in [1.165, 1.54) is 6.20 Å². The molecular formula is C8H15N5O. The number of hydrogen-bond acceptors (Lipinski definition) is 4. The van der Waals surface area contributed by atoms with E-state index in [1.54, 1.807) is 0 Å². The van der Waals surface area contributed by atoms with Crippen molar-refractivity contribution >= 4 is 5.91 Å². The molecule has 1 rings (SSSR count). The maximum atomic E-state index is 11.5. The molecule has 1 atom stereocenters. The lowest BCUT2D eigenvalue weighted by Gasteiger charge is -2.14. The molecular weight excluding hydrogens is 182 g/mol. The molecule has 0 aliphatic heterocycles. The summed E-state index contributed by atoms with van der Waals surface area (Å²) in [6.07, 6.45) is 3.03. The molecule has 4 N–H and O–H groups in total. The van der Waals surface area contributed by atoms with E-state index in [0.29, 0.717) is 12.2 Å². The Morgan fingerprint density at radius 2 is 2.57 bits per heavy atom. The van der Waals surface area contributed by atoms with Gasteiger partial charge >= 0.3 is 0 Å². The minimum Gasteiger partial charge on any atom is -0.348 e. The van der Waals surface area contributed by atoms with E-state index < -0.39 is 0 Å². The molecule has 1 aromatic rings. The first-order valence-corrected chi connectivity index (χ1v) is 4.64. The molecule has 1 unspecified atom stereocenters. The van der Waals surface area contributed by atoms with E-state index in [1.807, 2.05) is 6.92 Å². The molecule has 0 saturated heterocycles. The Bertz CT molecular complexity index is 271. The molecule has 1 heterocycles. The van der Waals surface area contributed by atoms with Crippen LogP contribution in [-0.2, 0) is 0 Å². The van der Waals surface area contributed by atoms with Crippen LogP contribution in [0.4, 0.5) is 0 Å². The minimum atomic E-state index is -0.209. The van der Waals surface area contributed by atoms with Crippen molar-refractivity contribution in [2.24, 2.45) is 5.73 Å². The highest BCUT2D eigenvalue weighted by Crippen LogP contribution is 1.98. The summed E-state index contributed by atoms with van der Waals surface area (Å²) in [5, 5.41) is 12.5. The second-order valence-corrected chi connectivity index (χ2v) is 3.01. The predicted octanol–water partition coefficient (Wildman–Crippen LogP) is -0.338. The summed E-state index contributed by atoms with van der Waals surface area (Å²) in [6.45, 7) is 2.57. The number of nitrogens with zero attached hydrogens (tertiary/aromatic N) is 2. The Labute approximate surface area is 82.3 Å². The number of rotatable bonds is 5. The number of amides is 1. The van der Waals surface area contributed by atoms with Gasteiger partial charge in [-0.15, -0.1) is 0 Å². The number of carbonyl (C=O) groups excluding carboxylic acids is 1. The molecule has 6 heteroatoms. The van der Waals surface area contributed by atoms with Gasteiger partial charge in [0.05, 0.1) is 6.20 Å². The van der Waals surface area contributed by atoms with Crippen molar-refractivity contribution < 1.29 is 4.79 Å². The number of hydrogen-bond donors (Lipinski definition) is 3. The number of aromatic amines is 1. The van der Waals surface area contributed by atoms with E-state index in [9.17, 15) is 4.79 Å². The first-order valence-electron chi connectivity index (χ1n) is 4.64. The molecule has 1 amide bonds. The summed E-state index contributed by atoms with van der Waals surface area (Å²) in [6, 6.07) is 0.115. The third-order valence-electron chi connectivity index (χ3n) is 1.99. The van der Waals surface area contributed by atoms with Crippen LogP contribution in [0.5, 0.6) is 0 Å². The molecule has 14 heavy (non-hydrogen) atoms. The van der Waals surface area contributed by atoms with Crippen LogP contribution < -0.4 is 11.1 Å². The minimum absolute atomic E-state index is 0.115. The normalized spacial score (nSPS) is 12.4. The predicted molar refractivity (Wildman–Crippen MR) is 51.6 cm³/mol. The van der Waals surface area contributed by atoms with Gasteiger partial charge in [-0.05, 0) is 19.4 Å². The largest absolute Gasteiger partial charge is 0.348 e. The standard InChI is InChI=1S/C8H15N5O/c1-2-6(3-4-9)11-8(14)7-5-10-13-12-7/h5-6H,2-4,9H2,1H3,(H,11,14)(H,10,12,13). The monoisotopic (exact) mass is 197 g/mol. The first kappa shape index (κ1) is 10.6. The number of nitrogens with one attached hydrogen (secondary N) is 2. The maximum absolute atomic E-state index is 11.5. The smallest absolute Gasteiger partial charge is 0.273 e. The van der Waals surface area contributed by atoms with Gasteiger partial charge < -0.3 is 11.1 Å². The molecule has 0 saturated carbocycles. The molecule has 0 fully saturated rings. The third kappa shape index (κ3) is 2.81. The maximum Gasteiger partial charge on any atom is 0.273 e. The fourth-order valence-corrected chi connectivity index (χ4v) is 1.15. The zero-order valence-electron chi connectivity index (χ0n) is 8.16. The van der Waals surface area contributed by atoms with Gasteiger partial charge in [0.2, 0.25) is 0 Å². The van der Waals surface area contributed by atoms with Gasteiger partial charge in [0, 0.05) is 6.04 Å². The Morgan fingerprint density at radius 3 is 3.07 bits per heavy atom. The highest BCUT2D eigenvalue weighted by molar-refractivity contribution is 5.91. The Morgan fingerprint density at radius 1 is 1.79 bits per heavy atom. The Kier molecular flexibility index (Phi) is 4.06. The van der Waals surface area contributed by atoms with Gasteiger partial charge in [-0.3, -0.25) is 4.79 Å². The van der Waals surface area contributed by atoms with Crippen LogP contribution in [0.1, 0.15) is 30.3 Å². The molecule has 0 spiro atoms. The third-order valence-corrected chi connectivity index (χ3v) is 1.99. The van der Waals surface area contributed by atoms with Crippen LogP contribution in [0.2, 0.25) is 0 Å². The van der Waals surface area contributed by atoms with E-state index in [2.05, 4.69) is 20.7 Å². The summed E-state index contributed by atoms with van der Waals surface area (Å²) in [7, 11) is 0. The Balaban J connectivity index is 2.47. The van der Waals surface area contributed by atoms with Gasteiger partial charge in [-0.1, -0.05) is 6.92 Å². The SMILES string of the molecule is CCC(CCN)NC(=O)c1cn[nH]n1. The average Bonchev–Trinajstić information content (AvgIpc) is 2.69. The lowest BCUT2D eigenvalue weighted by Crippen LogP contribution is -2.36. The fourth-order valence-electron chi connectivity index (χ4n) is 1.15. The molecule has 0 aliphatic rings. The van der Waals surface area contributed by atoms with Crippen molar-refractivity contribution in [3.05, 3.63) is 11.9 Å². The summed E-state index contributed by atoms with van der Waals surface area (Å²) < 4.78 is 0. The van der Waals surface area contributed by atoms with Crippen LogP contribution in [0.3, 0.4) is 0 Å². The summed E-state index contributed by atoms with van der Waals surface area (Å²) >= 11 is 0. The van der Waals surface area contributed by atoms with Crippen molar-refractivity contribution in [1.29, 1.82) is 0 Å². The van der Waals surface area contributed by atoms with E-state index in [-0.39, 0.29) is 11.9 Å². The van der Waals surface area contributed by atoms with Crippen LogP contribution in [0.15, 0.2) is 6.20 Å². The topological polar surface area (TPSA) is 96.7 Å². The number of carbonyl (C=O) groups is 1. The molecule has 0 aliphatic carbocycles. The van der Waals surface area contributed by atoms with Crippen molar-refractivity contribution in [1.82, 2.24) is 20.7 Å². The van der Waals surface area contributed by atoms with Crippen LogP contribution >= 0.6 is 0 Å². The molecule has 0 aromatic carbocycles. The molecule has 78 valence electrons. The van der Waals surface area contributed by atoms with E-state index >= 15 is 0 Å². The highest BCUT2D eigenvalue weighted by atomic mass is 16.2. The zero-order chi connectivity index (χ0) is 10.4. The molecule has 1 aromatic heterocycles. The average molecular weight is 197 g/mol. The van der Waals surface area contributed by atoms with Crippen LogP contribution in [-0.4, -0.2) is 33.9 Å².